The number of aliphatic hydroxyl groups is 2. The molecule has 3 atom stereocenters. The number of rotatable bonds is 5. The number of hydrogen-bond donors (Lipinski definition) is 2. The fraction of sp³-hybridized carbons (Fsp3) is 0.385. The topological polar surface area (TPSA) is 93.1 Å². The molecule has 1 saturated heterocycles. The molecule has 0 spiro atoms. The normalized spacial score (nSPS) is 24.3. The molecule has 0 aromatic heterocycles. The lowest BCUT2D eigenvalue weighted by Gasteiger charge is -2.20. The summed E-state index contributed by atoms with van der Waals surface area (Å²) in [5.74, 6) is -1.89. The van der Waals surface area contributed by atoms with Crippen LogP contribution in [0.4, 0.5) is 0 Å². The Bertz CT molecular complexity index is 457. The van der Waals surface area contributed by atoms with Crippen LogP contribution < -0.4 is 0 Å². The Hall–Kier alpha value is -1.76. The minimum Gasteiger partial charge on any atom is -0.450 e. The van der Waals surface area contributed by atoms with Crippen LogP contribution in [-0.2, 0) is 25.7 Å². The van der Waals surface area contributed by atoms with Gasteiger partial charge in [0.25, 0.3) is 5.78 Å². The van der Waals surface area contributed by atoms with Crippen molar-refractivity contribution in [3.05, 3.63) is 35.9 Å². The Labute approximate surface area is 109 Å². The van der Waals surface area contributed by atoms with Crippen LogP contribution in [0.1, 0.15) is 5.56 Å². The maximum absolute atomic E-state index is 11.6. The second-order valence-electron chi connectivity index (χ2n) is 4.20. The molecule has 2 N–H and O–H groups in total. The average molecular weight is 266 g/mol. The summed E-state index contributed by atoms with van der Waals surface area (Å²) >= 11 is 0. The highest BCUT2D eigenvalue weighted by molar-refractivity contribution is 6.37. The molecule has 6 nitrogen and oxygen atoms in total. The maximum atomic E-state index is 11.6. The van der Waals surface area contributed by atoms with Gasteiger partial charge in [-0.1, -0.05) is 30.3 Å². The third-order valence-electron chi connectivity index (χ3n) is 2.84. The molecule has 0 amide bonds. The predicted octanol–water partition coefficient (Wildman–Crippen LogP) is -0.581. The van der Waals surface area contributed by atoms with E-state index < -0.39 is 36.7 Å². The molecular weight excluding hydrogens is 252 g/mol. The Morgan fingerprint density at radius 3 is 2.58 bits per heavy atom. The smallest absolute Gasteiger partial charge is 0.378 e. The van der Waals surface area contributed by atoms with Crippen LogP contribution in [0, 0.1) is 0 Å². The lowest BCUT2D eigenvalue weighted by Crippen LogP contribution is -2.40. The molecular formula is C13H14O6. The van der Waals surface area contributed by atoms with Gasteiger partial charge in [0.15, 0.2) is 12.2 Å². The first kappa shape index (κ1) is 13.7. The maximum Gasteiger partial charge on any atom is 0.378 e. The van der Waals surface area contributed by atoms with Gasteiger partial charge in [0.2, 0.25) is 0 Å². The van der Waals surface area contributed by atoms with Crippen molar-refractivity contribution in [1.82, 2.24) is 0 Å². The van der Waals surface area contributed by atoms with Crippen molar-refractivity contribution < 1.29 is 29.3 Å². The van der Waals surface area contributed by atoms with Crippen molar-refractivity contribution >= 4 is 11.8 Å². The molecule has 1 aliphatic heterocycles. The summed E-state index contributed by atoms with van der Waals surface area (Å²) in [6, 6.07) is 9.09. The van der Waals surface area contributed by atoms with Gasteiger partial charge in [-0.3, -0.25) is 4.79 Å². The van der Waals surface area contributed by atoms with Gasteiger partial charge in [0.05, 0.1) is 13.2 Å². The molecule has 2 rings (SSSR count). The standard InChI is InChI=1S/C13H14O6/c14-6-9(15)11-12(10(16)13(17)19-11)18-7-8-4-2-1-3-5-8/h1-5,9,11-12,14-15H,6-7H2. The number of carbonyl (C=O) groups excluding carboxylic acids is 2. The number of benzene rings is 1. The van der Waals surface area contributed by atoms with Crippen molar-refractivity contribution in [3.8, 4) is 0 Å². The molecule has 1 aromatic carbocycles. The molecule has 6 heteroatoms. The van der Waals surface area contributed by atoms with E-state index in [1.54, 1.807) is 12.1 Å². The highest BCUT2D eigenvalue weighted by Crippen LogP contribution is 2.20. The fourth-order valence-corrected chi connectivity index (χ4v) is 1.82. The minimum absolute atomic E-state index is 0.114. The monoisotopic (exact) mass is 266 g/mol. The third kappa shape index (κ3) is 2.98. The molecule has 0 aliphatic carbocycles. The zero-order chi connectivity index (χ0) is 13.8. The Balaban J connectivity index is 2.03. The molecule has 1 aromatic rings. The Morgan fingerprint density at radius 2 is 1.95 bits per heavy atom. The summed E-state index contributed by atoms with van der Waals surface area (Å²) in [5.41, 5.74) is 0.826. The summed E-state index contributed by atoms with van der Waals surface area (Å²) in [6.07, 6.45) is -3.68. The summed E-state index contributed by atoms with van der Waals surface area (Å²) in [7, 11) is 0. The molecule has 1 heterocycles. The van der Waals surface area contributed by atoms with Crippen LogP contribution in [0.25, 0.3) is 0 Å². The molecule has 0 saturated carbocycles. The van der Waals surface area contributed by atoms with Gasteiger partial charge in [0.1, 0.15) is 6.10 Å². The van der Waals surface area contributed by atoms with E-state index in [-0.39, 0.29) is 6.61 Å². The van der Waals surface area contributed by atoms with Crippen LogP contribution in [0.15, 0.2) is 30.3 Å². The van der Waals surface area contributed by atoms with E-state index in [4.69, 9.17) is 14.6 Å². The van der Waals surface area contributed by atoms with Crippen molar-refractivity contribution in [2.24, 2.45) is 0 Å². The predicted molar refractivity (Wildman–Crippen MR) is 63.0 cm³/mol. The molecule has 1 fully saturated rings. The van der Waals surface area contributed by atoms with Crippen molar-refractivity contribution in [3.63, 3.8) is 0 Å². The fourth-order valence-electron chi connectivity index (χ4n) is 1.82. The van der Waals surface area contributed by atoms with E-state index in [1.165, 1.54) is 0 Å². The number of esters is 1. The number of carbonyl (C=O) groups is 2. The summed E-state index contributed by atoms with van der Waals surface area (Å²) in [4.78, 5) is 22.7. The van der Waals surface area contributed by atoms with E-state index in [0.29, 0.717) is 0 Å². The van der Waals surface area contributed by atoms with E-state index >= 15 is 0 Å². The van der Waals surface area contributed by atoms with Gasteiger partial charge in [-0.15, -0.1) is 0 Å². The van der Waals surface area contributed by atoms with Gasteiger partial charge < -0.3 is 19.7 Å². The second kappa shape index (κ2) is 5.92. The van der Waals surface area contributed by atoms with Crippen LogP contribution >= 0.6 is 0 Å². The number of cyclic esters (lactones) is 1. The first-order chi connectivity index (χ1) is 9.13. The van der Waals surface area contributed by atoms with Crippen molar-refractivity contribution in [2.45, 2.75) is 24.9 Å². The first-order valence-corrected chi connectivity index (χ1v) is 5.82. The van der Waals surface area contributed by atoms with E-state index in [9.17, 15) is 14.7 Å². The average Bonchev–Trinajstić information content (AvgIpc) is 2.73. The number of ether oxygens (including phenoxy) is 2. The zero-order valence-electron chi connectivity index (χ0n) is 10.1. The van der Waals surface area contributed by atoms with Gasteiger partial charge in [0, 0.05) is 0 Å². The van der Waals surface area contributed by atoms with Crippen LogP contribution in [0.2, 0.25) is 0 Å². The molecule has 0 radical (unpaired) electrons. The largest absolute Gasteiger partial charge is 0.450 e. The van der Waals surface area contributed by atoms with E-state index in [0.717, 1.165) is 5.56 Å². The van der Waals surface area contributed by atoms with Gasteiger partial charge in [-0.2, -0.15) is 0 Å². The summed E-state index contributed by atoms with van der Waals surface area (Å²) < 4.78 is 10.0. The minimum atomic E-state index is -1.34. The summed E-state index contributed by atoms with van der Waals surface area (Å²) in [5, 5.41) is 18.4. The number of hydrogen-bond acceptors (Lipinski definition) is 6. The molecule has 0 bridgehead atoms. The van der Waals surface area contributed by atoms with Crippen molar-refractivity contribution in [2.75, 3.05) is 6.61 Å². The Kier molecular flexibility index (Phi) is 4.26. The zero-order valence-corrected chi connectivity index (χ0v) is 10.1. The molecule has 19 heavy (non-hydrogen) atoms. The van der Waals surface area contributed by atoms with Gasteiger partial charge >= 0.3 is 5.97 Å². The number of aliphatic hydroxyl groups excluding tert-OH is 2. The Morgan fingerprint density at radius 1 is 1.26 bits per heavy atom. The SMILES string of the molecule is O=C1OC(C(O)CO)C(OCc2ccccc2)C1=O. The highest BCUT2D eigenvalue weighted by atomic mass is 16.6. The van der Waals surface area contributed by atoms with E-state index in [2.05, 4.69) is 0 Å². The number of Topliss-reactive ketones (excluding diaryl/α,β-unsaturated/α-hetero) is 1. The number of ketones is 1. The highest BCUT2D eigenvalue weighted by Gasteiger charge is 2.47. The quantitative estimate of drug-likeness (QED) is 0.547. The molecule has 3 unspecified atom stereocenters. The van der Waals surface area contributed by atoms with Crippen molar-refractivity contribution in [1.29, 1.82) is 0 Å². The summed E-state index contributed by atoms with van der Waals surface area (Å²) in [6.45, 7) is -0.501. The molecule has 1 aliphatic rings. The lowest BCUT2D eigenvalue weighted by molar-refractivity contribution is -0.152. The second-order valence-corrected chi connectivity index (χ2v) is 4.20. The van der Waals surface area contributed by atoms with Crippen LogP contribution in [-0.4, -0.2) is 46.9 Å². The third-order valence-corrected chi connectivity index (χ3v) is 2.84. The van der Waals surface area contributed by atoms with Gasteiger partial charge in [-0.25, -0.2) is 4.79 Å². The van der Waals surface area contributed by atoms with E-state index in [1.807, 2.05) is 18.2 Å². The first-order valence-electron chi connectivity index (χ1n) is 5.82. The van der Waals surface area contributed by atoms with Gasteiger partial charge in [-0.05, 0) is 5.56 Å². The lowest BCUT2D eigenvalue weighted by atomic mass is 10.1. The van der Waals surface area contributed by atoms with Crippen LogP contribution in [0.5, 0.6) is 0 Å². The van der Waals surface area contributed by atoms with Crippen LogP contribution in [0.3, 0.4) is 0 Å². The molecule has 102 valence electrons.